The second kappa shape index (κ2) is 6.36. The van der Waals surface area contributed by atoms with Crippen LogP contribution in [-0.4, -0.2) is 34.4 Å². The zero-order valence-electron chi connectivity index (χ0n) is 12.0. The number of anilines is 1. The predicted molar refractivity (Wildman–Crippen MR) is 80.5 cm³/mol. The molecule has 5 N–H and O–H groups in total. The summed E-state index contributed by atoms with van der Waals surface area (Å²) in [5, 5.41) is 5.24. The van der Waals surface area contributed by atoms with Gasteiger partial charge in [-0.2, -0.15) is 0 Å². The summed E-state index contributed by atoms with van der Waals surface area (Å²) in [6, 6.07) is 4.81. The first-order valence-electron chi connectivity index (χ1n) is 6.74. The van der Waals surface area contributed by atoms with Crippen LogP contribution in [0.5, 0.6) is 0 Å². The molecule has 0 aliphatic heterocycles. The predicted octanol–water partition coefficient (Wildman–Crippen LogP) is 0.601. The first-order chi connectivity index (χ1) is 9.99. The van der Waals surface area contributed by atoms with E-state index in [9.17, 15) is 9.59 Å². The molecule has 21 heavy (non-hydrogen) atoms. The summed E-state index contributed by atoms with van der Waals surface area (Å²) < 4.78 is 0. The zero-order valence-corrected chi connectivity index (χ0v) is 12.0. The number of nitrogens with zero attached hydrogens (tertiary/aromatic N) is 1. The minimum atomic E-state index is -0.618. The van der Waals surface area contributed by atoms with Crippen molar-refractivity contribution in [3.8, 4) is 0 Å². The van der Waals surface area contributed by atoms with Crippen molar-refractivity contribution in [2.45, 2.75) is 19.9 Å². The molecule has 112 valence electrons. The quantitative estimate of drug-likeness (QED) is 0.645. The van der Waals surface area contributed by atoms with Crippen molar-refractivity contribution in [1.82, 2.24) is 15.3 Å². The number of fused-ring (bicyclic) bond motifs is 1. The van der Waals surface area contributed by atoms with Gasteiger partial charge in [-0.1, -0.05) is 19.9 Å². The molecule has 0 aliphatic carbocycles. The summed E-state index contributed by atoms with van der Waals surface area (Å²) >= 11 is 0. The van der Waals surface area contributed by atoms with Crippen LogP contribution in [0.25, 0.3) is 11.0 Å². The van der Waals surface area contributed by atoms with Crippen molar-refractivity contribution < 1.29 is 9.59 Å². The monoisotopic (exact) mass is 289 g/mol. The third-order valence-corrected chi connectivity index (χ3v) is 3.17. The molecule has 0 radical (unpaired) electrons. The molecule has 0 unspecified atom stereocenters. The summed E-state index contributed by atoms with van der Waals surface area (Å²) in [5.74, 6) is -0.640. The Morgan fingerprint density at radius 1 is 1.38 bits per heavy atom. The smallest absolute Gasteiger partial charge is 0.243 e. The molecule has 7 heteroatoms. The molecule has 0 bridgehead atoms. The maximum absolute atomic E-state index is 11.9. The Morgan fingerprint density at radius 3 is 2.86 bits per heavy atom. The van der Waals surface area contributed by atoms with Crippen LogP contribution in [0, 0.1) is 5.92 Å². The number of imidazole rings is 1. The number of nitrogens with two attached hydrogens (primary N) is 1. The lowest BCUT2D eigenvalue weighted by Crippen LogP contribution is -2.46. The van der Waals surface area contributed by atoms with Gasteiger partial charge in [-0.25, -0.2) is 4.98 Å². The van der Waals surface area contributed by atoms with Crippen LogP contribution in [0.1, 0.15) is 13.8 Å². The number of H-pyrrole nitrogens is 1. The number of para-hydroxylation sites is 1. The Morgan fingerprint density at radius 2 is 2.14 bits per heavy atom. The fourth-order valence-electron chi connectivity index (χ4n) is 1.85. The number of aromatic amines is 1. The molecule has 1 heterocycles. The molecule has 2 aromatic rings. The SMILES string of the molecule is CC(C)[C@H](N)C(=O)NCC(=O)Nc1cccc2[nH]cnc12. The van der Waals surface area contributed by atoms with Crippen molar-refractivity contribution in [1.29, 1.82) is 0 Å². The molecule has 2 rings (SSSR count). The van der Waals surface area contributed by atoms with E-state index < -0.39 is 6.04 Å². The lowest BCUT2D eigenvalue weighted by molar-refractivity contribution is -0.125. The maximum Gasteiger partial charge on any atom is 0.243 e. The van der Waals surface area contributed by atoms with Crippen molar-refractivity contribution in [2.24, 2.45) is 11.7 Å². The van der Waals surface area contributed by atoms with Crippen LogP contribution in [0.3, 0.4) is 0 Å². The van der Waals surface area contributed by atoms with E-state index in [1.807, 2.05) is 26.0 Å². The molecule has 0 saturated heterocycles. The van der Waals surface area contributed by atoms with E-state index in [4.69, 9.17) is 5.73 Å². The van der Waals surface area contributed by atoms with E-state index in [2.05, 4.69) is 20.6 Å². The van der Waals surface area contributed by atoms with Crippen molar-refractivity contribution >= 4 is 28.5 Å². The molecular formula is C14H19N5O2. The number of hydrogen-bond donors (Lipinski definition) is 4. The minimum absolute atomic E-state index is 0.0193. The van der Waals surface area contributed by atoms with E-state index in [0.717, 1.165) is 5.52 Å². The topological polar surface area (TPSA) is 113 Å². The molecule has 0 aliphatic rings. The van der Waals surface area contributed by atoms with Gasteiger partial charge in [-0.05, 0) is 18.1 Å². The van der Waals surface area contributed by atoms with E-state index in [1.165, 1.54) is 0 Å². The number of aromatic nitrogens is 2. The van der Waals surface area contributed by atoms with Gasteiger partial charge in [0, 0.05) is 0 Å². The Hall–Kier alpha value is -2.41. The Bertz CT molecular complexity index is 650. The molecule has 1 aromatic heterocycles. The zero-order chi connectivity index (χ0) is 15.4. The maximum atomic E-state index is 11.9. The van der Waals surface area contributed by atoms with Gasteiger partial charge in [-0.15, -0.1) is 0 Å². The van der Waals surface area contributed by atoms with Crippen LogP contribution in [0.4, 0.5) is 5.69 Å². The fourth-order valence-corrected chi connectivity index (χ4v) is 1.85. The van der Waals surface area contributed by atoms with Gasteiger partial charge >= 0.3 is 0 Å². The number of rotatable bonds is 5. The van der Waals surface area contributed by atoms with E-state index in [0.29, 0.717) is 11.2 Å². The van der Waals surface area contributed by atoms with Crippen LogP contribution in [0.15, 0.2) is 24.5 Å². The van der Waals surface area contributed by atoms with E-state index in [1.54, 1.807) is 12.4 Å². The van der Waals surface area contributed by atoms with Gasteiger partial charge in [0.25, 0.3) is 0 Å². The summed E-state index contributed by atoms with van der Waals surface area (Å²) in [6.45, 7) is 3.57. The highest BCUT2D eigenvalue weighted by molar-refractivity contribution is 6.01. The van der Waals surface area contributed by atoms with E-state index in [-0.39, 0.29) is 24.3 Å². The average Bonchev–Trinajstić information content (AvgIpc) is 2.93. The van der Waals surface area contributed by atoms with Crippen LogP contribution < -0.4 is 16.4 Å². The highest BCUT2D eigenvalue weighted by Crippen LogP contribution is 2.19. The number of hydrogen-bond acceptors (Lipinski definition) is 4. The first kappa shape index (κ1) is 15.0. The molecular weight excluding hydrogens is 270 g/mol. The number of amides is 2. The third-order valence-electron chi connectivity index (χ3n) is 3.17. The number of carbonyl (C=O) groups excluding carboxylic acids is 2. The lowest BCUT2D eigenvalue weighted by Gasteiger charge is -2.15. The van der Waals surface area contributed by atoms with Gasteiger partial charge in [0.05, 0.1) is 30.1 Å². The molecule has 1 aromatic carbocycles. The summed E-state index contributed by atoms with van der Waals surface area (Å²) in [5.41, 5.74) is 7.81. The third kappa shape index (κ3) is 3.57. The summed E-state index contributed by atoms with van der Waals surface area (Å²) in [4.78, 5) is 30.7. The number of carbonyl (C=O) groups is 2. The normalized spacial score (nSPS) is 12.4. The summed E-state index contributed by atoms with van der Waals surface area (Å²) in [7, 11) is 0. The van der Waals surface area contributed by atoms with Gasteiger partial charge in [0.2, 0.25) is 11.8 Å². The molecule has 0 fully saturated rings. The summed E-state index contributed by atoms with van der Waals surface area (Å²) in [6.07, 6.45) is 1.56. The first-order valence-corrected chi connectivity index (χ1v) is 6.74. The molecule has 0 saturated carbocycles. The Balaban J connectivity index is 1.93. The molecule has 2 amide bonds. The highest BCUT2D eigenvalue weighted by atomic mass is 16.2. The molecule has 7 nitrogen and oxygen atoms in total. The van der Waals surface area contributed by atoms with Gasteiger partial charge in [0.1, 0.15) is 5.52 Å². The number of benzene rings is 1. The average molecular weight is 289 g/mol. The highest BCUT2D eigenvalue weighted by Gasteiger charge is 2.17. The van der Waals surface area contributed by atoms with Crippen molar-refractivity contribution in [3.05, 3.63) is 24.5 Å². The van der Waals surface area contributed by atoms with Crippen molar-refractivity contribution in [2.75, 3.05) is 11.9 Å². The van der Waals surface area contributed by atoms with Gasteiger partial charge in [-0.3, -0.25) is 9.59 Å². The van der Waals surface area contributed by atoms with Gasteiger partial charge < -0.3 is 21.4 Å². The fraction of sp³-hybridized carbons (Fsp3) is 0.357. The van der Waals surface area contributed by atoms with E-state index >= 15 is 0 Å². The minimum Gasteiger partial charge on any atom is -0.346 e. The number of nitrogens with one attached hydrogen (secondary N) is 3. The second-order valence-electron chi connectivity index (χ2n) is 5.14. The second-order valence-corrected chi connectivity index (χ2v) is 5.14. The van der Waals surface area contributed by atoms with Crippen molar-refractivity contribution in [3.63, 3.8) is 0 Å². The van der Waals surface area contributed by atoms with Gasteiger partial charge in [0.15, 0.2) is 0 Å². The largest absolute Gasteiger partial charge is 0.346 e. The van der Waals surface area contributed by atoms with Crippen LogP contribution in [0.2, 0.25) is 0 Å². The molecule has 0 spiro atoms. The van der Waals surface area contributed by atoms with Crippen LogP contribution in [-0.2, 0) is 9.59 Å². The van der Waals surface area contributed by atoms with Crippen LogP contribution >= 0.6 is 0 Å². The standard InChI is InChI=1S/C14H19N5O2/c1-8(2)12(15)14(21)16-6-11(20)19-10-5-3-4-9-13(10)18-7-17-9/h3-5,7-8,12H,6,15H2,1-2H3,(H,16,21)(H,17,18)(H,19,20)/t12-/m0/s1. The Kier molecular flexibility index (Phi) is 4.54. The molecule has 1 atom stereocenters. The Labute approximate surface area is 122 Å². The lowest BCUT2D eigenvalue weighted by atomic mass is 10.1.